The monoisotopic (exact) mass is 382 g/mol. The lowest BCUT2D eigenvalue weighted by atomic mass is 9.64. The Balaban J connectivity index is 1.32. The minimum absolute atomic E-state index is 0.00824. The van der Waals surface area contributed by atoms with Crippen LogP contribution >= 0.6 is 0 Å². The molecule has 6 heteroatoms. The van der Waals surface area contributed by atoms with Gasteiger partial charge in [-0.25, -0.2) is 4.98 Å². The number of carbonyl (C=O) groups is 1. The Morgan fingerprint density at radius 1 is 1.18 bits per heavy atom. The van der Waals surface area contributed by atoms with Gasteiger partial charge in [0.1, 0.15) is 5.69 Å². The second-order valence-corrected chi connectivity index (χ2v) is 8.29. The van der Waals surface area contributed by atoms with Crippen LogP contribution in [0.1, 0.15) is 35.3 Å². The lowest BCUT2D eigenvalue weighted by molar-refractivity contribution is -0.0350. The van der Waals surface area contributed by atoms with E-state index in [1.165, 1.54) is 11.9 Å². The first-order valence-corrected chi connectivity index (χ1v) is 10.3. The fourth-order valence-corrected chi connectivity index (χ4v) is 4.90. The number of piperidine rings is 2. The summed E-state index contributed by atoms with van der Waals surface area (Å²) >= 11 is 0. The molecule has 1 spiro atoms. The first-order chi connectivity index (χ1) is 13.7. The number of nitrogens with zero attached hydrogens (tertiary/aromatic N) is 3. The number of aromatic amines is 1. The Morgan fingerprint density at radius 2 is 1.93 bits per heavy atom. The van der Waals surface area contributed by atoms with Crippen molar-refractivity contribution in [1.82, 2.24) is 19.8 Å². The van der Waals surface area contributed by atoms with Crippen LogP contribution in [0, 0.1) is 11.3 Å². The van der Waals surface area contributed by atoms with E-state index in [1.54, 1.807) is 6.20 Å². The van der Waals surface area contributed by atoms with Crippen molar-refractivity contribution in [2.45, 2.75) is 25.7 Å². The van der Waals surface area contributed by atoms with E-state index in [4.69, 9.17) is 0 Å². The van der Waals surface area contributed by atoms with Crippen molar-refractivity contribution in [2.24, 2.45) is 11.3 Å². The summed E-state index contributed by atoms with van der Waals surface area (Å²) in [6.45, 7) is 4.80. The number of aliphatic hydroxyl groups is 1. The molecule has 2 aromatic rings. The lowest BCUT2D eigenvalue weighted by Gasteiger charge is -2.51. The van der Waals surface area contributed by atoms with Crippen molar-refractivity contribution < 1.29 is 9.90 Å². The molecule has 4 rings (SSSR count). The van der Waals surface area contributed by atoms with Crippen molar-refractivity contribution in [3.05, 3.63) is 54.1 Å². The zero-order chi connectivity index (χ0) is 19.4. The third-order valence-electron chi connectivity index (χ3n) is 6.83. The summed E-state index contributed by atoms with van der Waals surface area (Å²) in [6.07, 6.45) is 7.39. The number of likely N-dealkylation sites (tertiary alicyclic amines) is 2. The van der Waals surface area contributed by atoms with Crippen LogP contribution in [-0.4, -0.2) is 70.1 Å². The third-order valence-corrected chi connectivity index (χ3v) is 6.83. The van der Waals surface area contributed by atoms with Crippen LogP contribution in [0.25, 0.3) is 0 Å². The number of imidazole rings is 1. The topological polar surface area (TPSA) is 72.5 Å². The largest absolute Gasteiger partial charge is 0.396 e. The predicted molar refractivity (Wildman–Crippen MR) is 108 cm³/mol. The molecular weight excluding hydrogens is 352 g/mol. The number of rotatable bonds is 5. The molecular formula is C22H30N4O2. The number of hydrogen-bond acceptors (Lipinski definition) is 4. The van der Waals surface area contributed by atoms with Gasteiger partial charge in [0.2, 0.25) is 0 Å². The highest BCUT2D eigenvalue weighted by atomic mass is 16.3. The quantitative estimate of drug-likeness (QED) is 0.832. The average molecular weight is 383 g/mol. The van der Waals surface area contributed by atoms with Crippen LogP contribution in [0.5, 0.6) is 0 Å². The second kappa shape index (κ2) is 8.45. The molecule has 3 heterocycles. The van der Waals surface area contributed by atoms with E-state index < -0.39 is 0 Å². The van der Waals surface area contributed by atoms with Gasteiger partial charge in [0, 0.05) is 32.2 Å². The van der Waals surface area contributed by atoms with Crippen LogP contribution in [0.15, 0.2) is 42.9 Å². The Morgan fingerprint density at radius 3 is 2.61 bits per heavy atom. The van der Waals surface area contributed by atoms with Gasteiger partial charge in [-0.15, -0.1) is 0 Å². The highest BCUT2D eigenvalue weighted by Crippen LogP contribution is 2.45. The summed E-state index contributed by atoms with van der Waals surface area (Å²) < 4.78 is 0. The molecule has 2 N–H and O–H groups in total. The maximum Gasteiger partial charge on any atom is 0.271 e. The van der Waals surface area contributed by atoms with Crippen molar-refractivity contribution in [3.8, 4) is 0 Å². The summed E-state index contributed by atoms with van der Waals surface area (Å²) in [5.41, 5.74) is 2.09. The number of nitrogens with one attached hydrogen (secondary N) is 1. The second-order valence-electron chi connectivity index (χ2n) is 8.29. The van der Waals surface area contributed by atoms with Crippen LogP contribution < -0.4 is 0 Å². The fraction of sp³-hybridized carbons (Fsp3) is 0.545. The Bertz CT molecular complexity index is 754. The first-order valence-electron chi connectivity index (χ1n) is 10.3. The fourth-order valence-electron chi connectivity index (χ4n) is 4.90. The van der Waals surface area contributed by atoms with Crippen LogP contribution in [-0.2, 0) is 6.42 Å². The Labute approximate surface area is 166 Å². The van der Waals surface area contributed by atoms with Gasteiger partial charge in [0.15, 0.2) is 0 Å². The molecule has 28 heavy (non-hydrogen) atoms. The maximum absolute atomic E-state index is 12.6. The normalized spacial score (nSPS) is 22.5. The molecule has 1 aromatic heterocycles. The smallest absolute Gasteiger partial charge is 0.271 e. The Hall–Kier alpha value is -2.18. The van der Waals surface area contributed by atoms with Gasteiger partial charge in [0.05, 0.1) is 12.5 Å². The van der Waals surface area contributed by atoms with Crippen LogP contribution in [0.4, 0.5) is 0 Å². The summed E-state index contributed by atoms with van der Waals surface area (Å²) in [6, 6.07) is 10.7. The molecule has 2 aliphatic heterocycles. The molecule has 0 aliphatic carbocycles. The number of hydrogen-bond donors (Lipinski definition) is 2. The van der Waals surface area contributed by atoms with Gasteiger partial charge in [-0.05, 0) is 49.8 Å². The molecule has 0 saturated carbocycles. The molecule has 1 atom stereocenters. The van der Waals surface area contributed by atoms with Gasteiger partial charge >= 0.3 is 0 Å². The van der Waals surface area contributed by atoms with Crippen molar-refractivity contribution in [3.63, 3.8) is 0 Å². The summed E-state index contributed by atoms with van der Waals surface area (Å²) in [7, 11) is 0. The minimum Gasteiger partial charge on any atom is -0.396 e. The highest BCUT2D eigenvalue weighted by Gasteiger charge is 2.45. The van der Waals surface area contributed by atoms with E-state index in [2.05, 4.69) is 45.2 Å². The average Bonchev–Trinajstić information content (AvgIpc) is 3.29. The number of benzene rings is 1. The molecule has 1 amide bonds. The summed E-state index contributed by atoms with van der Waals surface area (Å²) in [5, 5.41) is 10.1. The first kappa shape index (κ1) is 19.2. The molecule has 6 nitrogen and oxygen atoms in total. The van der Waals surface area contributed by atoms with E-state index in [1.807, 2.05) is 4.90 Å². The highest BCUT2D eigenvalue weighted by molar-refractivity contribution is 5.92. The number of carbonyl (C=O) groups excluding carboxylic acids is 1. The molecule has 2 aliphatic rings. The van der Waals surface area contributed by atoms with Crippen LogP contribution in [0.2, 0.25) is 0 Å². The van der Waals surface area contributed by atoms with Crippen molar-refractivity contribution in [2.75, 3.05) is 39.3 Å². The SMILES string of the molecule is O=C(c1cnc[nH]1)N1CCC2(CCN(CCc3ccccc3)CC2)C(CO)C1. The zero-order valence-corrected chi connectivity index (χ0v) is 16.4. The van der Waals surface area contributed by atoms with Crippen LogP contribution in [0.3, 0.4) is 0 Å². The van der Waals surface area contributed by atoms with E-state index in [0.717, 1.165) is 51.9 Å². The number of H-pyrrole nitrogens is 1. The molecule has 1 unspecified atom stereocenters. The maximum atomic E-state index is 12.6. The van der Waals surface area contributed by atoms with E-state index >= 15 is 0 Å². The molecule has 0 bridgehead atoms. The zero-order valence-electron chi connectivity index (χ0n) is 16.4. The van der Waals surface area contributed by atoms with E-state index in [0.29, 0.717) is 12.2 Å². The summed E-state index contributed by atoms with van der Waals surface area (Å²) in [4.78, 5) is 23.9. The minimum atomic E-state index is -0.00824. The predicted octanol–water partition coefficient (Wildman–Crippen LogP) is 2.19. The lowest BCUT2D eigenvalue weighted by Crippen LogP contribution is -2.54. The van der Waals surface area contributed by atoms with E-state index in [9.17, 15) is 9.90 Å². The van der Waals surface area contributed by atoms with Gasteiger partial charge < -0.3 is 19.9 Å². The molecule has 2 saturated heterocycles. The molecule has 1 aromatic carbocycles. The van der Waals surface area contributed by atoms with Gasteiger partial charge in [-0.3, -0.25) is 4.79 Å². The van der Waals surface area contributed by atoms with Gasteiger partial charge in [-0.2, -0.15) is 0 Å². The van der Waals surface area contributed by atoms with Crippen molar-refractivity contribution in [1.29, 1.82) is 0 Å². The van der Waals surface area contributed by atoms with Gasteiger partial charge in [0.25, 0.3) is 5.91 Å². The van der Waals surface area contributed by atoms with Crippen molar-refractivity contribution >= 4 is 5.91 Å². The molecule has 0 radical (unpaired) electrons. The number of aliphatic hydroxyl groups excluding tert-OH is 1. The molecule has 150 valence electrons. The van der Waals surface area contributed by atoms with E-state index in [-0.39, 0.29) is 23.8 Å². The van der Waals surface area contributed by atoms with Gasteiger partial charge in [-0.1, -0.05) is 30.3 Å². The third kappa shape index (κ3) is 3.98. The Kier molecular flexibility index (Phi) is 5.78. The molecule has 2 fully saturated rings. The standard InChI is InChI=1S/C22H30N4O2/c27-16-19-15-26(21(28)20-14-23-17-24-20)13-9-22(19)7-11-25(12-8-22)10-6-18-4-2-1-3-5-18/h1-5,14,17,19,27H,6-13,15-16H2,(H,23,24). The number of aromatic nitrogens is 2. The number of amides is 1. The summed E-state index contributed by atoms with van der Waals surface area (Å²) in [5.74, 6) is 0.149.